The number of anilines is 1. The SMILES string of the molecule is CCOc1ccc(NC(=O)C(C)CN)cc1F.Cl. The molecule has 102 valence electrons. The van der Waals surface area contributed by atoms with Gasteiger partial charge in [0.2, 0.25) is 5.91 Å². The van der Waals surface area contributed by atoms with Gasteiger partial charge in [-0.25, -0.2) is 4.39 Å². The molecule has 0 aliphatic rings. The van der Waals surface area contributed by atoms with Crippen LogP contribution in [0.1, 0.15) is 13.8 Å². The summed E-state index contributed by atoms with van der Waals surface area (Å²) in [5.41, 5.74) is 5.76. The highest BCUT2D eigenvalue weighted by Gasteiger charge is 2.12. The number of carbonyl (C=O) groups is 1. The highest BCUT2D eigenvalue weighted by molar-refractivity contribution is 5.92. The van der Waals surface area contributed by atoms with Crippen LogP contribution in [-0.2, 0) is 4.79 Å². The Morgan fingerprint density at radius 3 is 2.72 bits per heavy atom. The van der Waals surface area contributed by atoms with E-state index in [2.05, 4.69) is 5.32 Å². The number of benzene rings is 1. The van der Waals surface area contributed by atoms with E-state index in [4.69, 9.17) is 10.5 Å². The number of amides is 1. The molecule has 6 heteroatoms. The molecule has 1 atom stereocenters. The molecule has 0 aromatic heterocycles. The molecule has 18 heavy (non-hydrogen) atoms. The molecular weight excluding hydrogens is 259 g/mol. The van der Waals surface area contributed by atoms with Crippen LogP contribution in [0.3, 0.4) is 0 Å². The van der Waals surface area contributed by atoms with Gasteiger partial charge in [-0.2, -0.15) is 0 Å². The van der Waals surface area contributed by atoms with Crippen molar-refractivity contribution in [1.82, 2.24) is 0 Å². The Hall–Kier alpha value is -1.33. The Kier molecular flexibility index (Phi) is 7.31. The lowest BCUT2D eigenvalue weighted by Gasteiger charge is -2.11. The molecule has 0 fully saturated rings. The largest absolute Gasteiger partial charge is 0.491 e. The van der Waals surface area contributed by atoms with Crippen molar-refractivity contribution in [3.8, 4) is 5.75 Å². The van der Waals surface area contributed by atoms with Crippen molar-refractivity contribution in [2.45, 2.75) is 13.8 Å². The van der Waals surface area contributed by atoms with Crippen molar-refractivity contribution in [2.24, 2.45) is 11.7 Å². The molecule has 1 aromatic rings. The fraction of sp³-hybridized carbons (Fsp3) is 0.417. The summed E-state index contributed by atoms with van der Waals surface area (Å²) in [4.78, 5) is 11.5. The maximum atomic E-state index is 13.5. The number of hydrogen-bond acceptors (Lipinski definition) is 3. The Balaban J connectivity index is 0.00000289. The van der Waals surface area contributed by atoms with Crippen molar-refractivity contribution in [3.63, 3.8) is 0 Å². The van der Waals surface area contributed by atoms with Crippen LogP contribution in [0.25, 0.3) is 0 Å². The van der Waals surface area contributed by atoms with Crippen molar-refractivity contribution in [1.29, 1.82) is 0 Å². The Bertz CT molecular complexity index is 402. The minimum absolute atomic E-state index is 0. The molecule has 0 saturated carbocycles. The van der Waals surface area contributed by atoms with Gasteiger partial charge in [-0.3, -0.25) is 4.79 Å². The maximum absolute atomic E-state index is 13.5. The number of halogens is 2. The van der Waals surface area contributed by atoms with Gasteiger partial charge in [-0.1, -0.05) is 6.92 Å². The summed E-state index contributed by atoms with van der Waals surface area (Å²) >= 11 is 0. The standard InChI is InChI=1S/C12H17FN2O2.ClH/c1-3-17-11-5-4-9(6-10(11)13)15-12(16)8(2)7-14;/h4-6,8H,3,7,14H2,1-2H3,(H,15,16);1H. The first-order valence-electron chi connectivity index (χ1n) is 5.51. The lowest BCUT2D eigenvalue weighted by Crippen LogP contribution is -2.26. The van der Waals surface area contributed by atoms with Crippen LogP contribution in [0.15, 0.2) is 18.2 Å². The molecule has 1 unspecified atom stereocenters. The zero-order valence-corrected chi connectivity index (χ0v) is 11.2. The number of ether oxygens (including phenoxy) is 1. The number of carbonyl (C=O) groups excluding carboxylic acids is 1. The van der Waals surface area contributed by atoms with Gasteiger partial charge in [0.05, 0.1) is 6.61 Å². The summed E-state index contributed by atoms with van der Waals surface area (Å²) in [6.07, 6.45) is 0. The van der Waals surface area contributed by atoms with Crippen molar-refractivity contribution in [3.05, 3.63) is 24.0 Å². The lowest BCUT2D eigenvalue weighted by atomic mass is 10.1. The van der Waals surface area contributed by atoms with E-state index in [0.717, 1.165) is 0 Å². The second-order valence-corrected chi connectivity index (χ2v) is 3.70. The molecule has 0 spiro atoms. The number of nitrogens with two attached hydrogens (primary N) is 1. The second-order valence-electron chi connectivity index (χ2n) is 3.70. The van der Waals surface area contributed by atoms with E-state index in [1.165, 1.54) is 12.1 Å². The Morgan fingerprint density at radius 2 is 2.22 bits per heavy atom. The monoisotopic (exact) mass is 276 g/mol. The molecule has 0 heterocycles. The van der Waals surface area contributed by atoms with Crippen LogP contribution in [0.2, 0.25) is 0 Å². The minimum Gasteiger partial charge on any atom is -0.491 e. The molecular formula is C12H18ClFN2O2. The van der Waals surface area contributed by atoms with Gasteiger partial charge < -0.3 is 15.8 Å². The first kappa shape index (κ1) is 16.7. The quantitative estimate of drug-likeness (QED) is 0.866. The Labute approximate surface area is 112 Å². The van der Waals surface area contributed by atoms with E-state index in [0.29, 0.717) is 12.3 Å². The van der Waals surface area contributed by atoms with Crippen LogP contribution in [0, 0.1) is 11.7 Å². The maximum Gasteiger partial charge on any atom is 0.228 e. The molecule has 0 radical (unpaired) electrons. The van der Waals surface area contributed by atoms with Crippen molar-refractivity contribution < 1.29 is 13.9 Å². The summed E-state index contributed by atoms with van der Waals surface area (Å²) in [6.45, 7) is 4.14. The molecule has 0 aliphatic heterocycles. The van der Waals surface area contributed by atoms with Gasteiger partial charge in [0.15, 0.2) is 11.6 Å². The smallest absolute Gasteiger partial charge is 0.228 e. The van der Waals surface area contributed by atoms with E-state index in [-0.39, 0.29) is 36.5 Å². The van der Waals surface area contributed by atoms with Gasteiger partial charge in [0.25, 0.3) is 0 Å². The summed E-state index contributed by atoms with van der Waals surface area (Å²) in [5.74, 6) is -0.844. The third-order valence-corrected chi connectivity index (χ3v) is 2.30. The van der Waals surface area contributed by atoms with Crippen LogP contribution in [-0.4, -0.2) is 19.1 Å². The molecule has 1 rings (SSSR count). The number of hydrogen-bond donors (Lipinski definition) is 2. The fourth-order valence-electron chi connectivity index (χ4n) is 1.22. The minimum atomic E-state index is -0.495. The van der Waals surface area contributed by atoms with E-state index >= 15 is 0 Å². The zero-order chi connectivity index (χ0) is 12.8. The van der Waals surface area contributed by atoms with Gasteiger partial charge in [-0.05, 0) is 19.1 Å². The second kappa shape index (κ2) is 7.89. The third-order valence-electron chi connectivity index (χ3n) is 2.30. The first-order valence-corrected chi connectivity index (χ1v) is 5.51. The summed E-state index contributed by atoms with van der Waals surface area (Å²) in [7, 11) is 0. The topological polar surface area (TPSA) is 64.3 Å². The molecule has 4 nitrogen and oxygen atoms in total. The van der Waals surface area contributed by atoms with Crippen molar-refractivity contribution in [2.75, 3.05) is 18.5 Å². The number of nitrogens with one attached hydrogen (secondary N) is 1. The van der Waals surface area contributed by atoms with Crippen LogP contribution < -0.4 is 15.8 Å². The normalized spacial score (nSPS) is 11.3. The lowest BCUT2D eigenvalue weighted by molar-refractivity contribution is -0.119. The molecule has 0 aliphatic carbocycles. The van der Waals surface area contributed by atoms with Crippen molar-refractivity contribution >= 4 is 24.0 Å². The predicted molar refractivity (Wildman–Crippen MR) is 71.7 cm³/mol. The predicted octanol–water partition coefficient (Wildman–Crippen LogP) is 2.18. The van der Waals surface area contributed by atoms with Crippen LogP contribution in [0.4, 0.5) is 10.1 Å². The van der Waals surface area contributed by atoms with E-state index in [9.17, 15) is 9.18 Å². The molecule has 0 saturated heterocycles. The summed E-state index contributed by atoms with van der Waals surface area (Å²) in [5, 5.41) is 2.59. The molecule has 1 aromatic carbocycles. The highest BCUT2D eigenvalue weighted by atomic mass is 35.5. The zero-order valence-electron chi connectivity index (χ0n) is 10.4. The third kappa shape index (κ3) is 4.50. The van der Waals surface area contributed by atoms with Crippen LogP contribution in [0.5, 0.6) is 5.75 Å². The molecule has 3 N–H and O–H groups in total. The van der Waals surface area contributed by atoms with Gasteiger partial charge in [0.1, 0.15) is 0 Å². The summed E-state index contributed by atoms with van der Waals surface area (Å²) < 4.78 is 18.5. The molecule has 0 bridgehead atoms. The average molecular weight is 277 g/mol. The Morgan fingerprint density at radius 1 is 1.56 bits per heavy atom. The molecule has 1 amide bonds. The van der Waals surface area contributed by atoms with Gasteiger partial charge in [0, 0.05) is 24.2 Å². The highest BCUT2D eigenvalue weighted by Crippen LogP contribution is 2.21. The number of rotatable bonds is 5. The first-order chi connectivity index (χ1) is 8.08. The average Bonchev–Trinajstić information content (AvgIpc) is 2.31. The summed E-state index contributed by atoms with van der Waals surface area (Å²) in [6, 6.07) is 4.31. The van der Waals surface area contributed by atoms with Crippen LogP contribution >= 0.6 is 12.4 Å². The van der Waals surface area contributed by atoms with E-state index in [1.54, 1.807) is 19.9 Å². The van der Waals surface area contributed by atoms with E-state index < -0.39 is 5.82 Å². The van der Waals surface area contributed by atoms with Gasteiger partial charge >= 0.3 is 0 Å². The van der Waals surface area contributed by atoms with E-state index in [1.807, 2.05) is 0 Å². The van der Waals surface area contributed by atoms with Gasteiger partial charge in [-0.15, -0.1) is 12.4 Å². The fourth-order valence-corrected chi connectivity index (χ4v) is 1.22.